The monoisotopic (exact) mass is 540 g/mol. The van der Waals surface area contributed by atoms with E-state index in [4.69, 9.17) is 4.74 Å². The molecule has 200 valence electrons. The van der Waals surface area contributed by atoms with Gasteiger partial charge in [0.05, 0.1) is 18.2 Å². The number of benzene rings is 2. The Balaban J connectivity index is 1.76. The molecule has 2 aliphatic rings. The first-order valence-electron chi connectivity index (χ1n) is 12.5. The Bertz CT molecular complexity index is 1510. The van der Waals surface area contributed by atoms with Crippen molar-refractivity contribution in [1.29, 1.82) is 0 Å². The molecular formula is C28H30F2N4O3S. The molecule has 3 atom stereocenters. The first-order valence-corrected chi connectivity index (χ1v) is 13.5. The largest absolute Gasteiger partial charge is 0.383 e. The highest BCUT2D eigenvalue weighted by Gasteiger charge is 2.35. The van der Waals surface area contributed by atoms with Crippen molar-refractivity contribution in [3.05, 3.63) is 64.6 Å². The van der Waals surface area contributed by atoms with Gasteiger partial charge in [0.1, 0.15) is 17.5 Å². The van der Waals surface area contributed by atoms with Gasteiger partial charge in [-0.2, -0.15) is 4.98 Å². The molecule has 38 heavy (non-hydrogen) atoms. The fraction of sp³-hybridized carbons (Fsp3) is 0.393. The summed E-state index contributed by atoms with van der Waals surface area (Å²) in [5.41, 5.74) is 1.99. The predicted octanol–water partition coefficient (Wildman–Crippen LogP) is 4.55. The van der Waals surface area contributed by atoms with Crippen LogP contribution in [0.15, 0.2) is 46.6 Å². The lowest BCUT2D eigenvalue weighted by Crippen LogP contribution is -2.58. The molecule has 2 aliphatic heterocycles. The predicted molar refractivity (Wildman–Crippen MR) is 146 cm³/mol. The molecular weight excluding hydrogens is 510 g/mol. The molecule has 1 saturated heterocycles. The van der Waals surface area contributed by atoms with Crippen molar-refractivity contribution in [2.45, 2.75) is 43.8 Å². The number of halogens is 2. The SMILES string of the molecule is C=CC(=O)N1C[C@H](C)N(c2nc(=O)n3c4c(c(-c5ccc(F)cc5F)c(C)cc24)SC[C@@H]3COC)C[C@H]1C. The number of piperazine rings is 1. The Labute approximate surface area is 224 Å². The van der Waals surface area contributed by atoms with Crippen LogP contribution >= 0.6 is 11.8 Å². The summed E-state index contributed by atoms with van der Waals surface area (Å²) in [7, 11) is 1.59. The van der Waals surface area contributed by atoms with Crippen LogP contribution in [0.1, 0.15) is 25.5 Å². The molecule has 0 aliphatic carbocycles. The van der Waals surface area contributed by atoms with Gasteiger partial charge in [0.15, 0.2) is 0 Å². The minimum Gasteiger partial charge on any atom is -0.383 e. The maximum Gasteiger partial charge on any atom is 0.350 e. The maximum absolute atomic E-state index is 15.0. The molecule has 0 bridgehead atoms. The number of nitrogens with zero attached hydrogens (tertiary/aromatic N) is 4. The van der Waals surface area contributed by atoms with Crippen LogP contribution in [0.2, 0.25) is 0 Å². The van der Waals surface area contributed by atoms with Crippen LogP contribution in [0.4, 0.5) is 14.6 Å². The minimum absolute atomic E-state index is 0.107. The van der Waals surface area contributed by atoms with Crippen molar-refractivity contribution in [3.63, 3.8) is 0 Å². The molecule has 5 rings (SSSR count). The van der Waals surface area contributed by atoms with E-state index >= 15 is 4.39 Å². The lowest BCUT2D eigenvalue weighted by molar-refractivity contribution is -0.128. The third kappa shape index (κ3) is 4.29. The quantitative estimate of drug-likeness (QED) is 0.443. The molecule has 0 spiro atoms. The number of aromatic nitrogens is 2. The highest BCUT2D eigenvalue weighted by molar-refractivity contribution is 7.99. The topological polar surface area (TPSA) is 67.7 Å². The summed E-state index contributed by atoms with van der Waals surface area (Å²) in [6, 6.07) is 5.03. The second-order valence-corrected chi connectivity index (χ2v) is 11.0. The molecule has 1 amide bonds. The van der Waals surface area contributed by atoms with Crippen LogP contribution in [0.3, 0.4) is 0 Å². The zero-order valence-electron chi connectivity index (χ0n) is 21.8. The third-order valence-corrected chi connectivity index (χ3v) is 8.64. The molecule has 3 aromatic rings. The van der Waals surface area contributed by atoms with E-state index < -0.39 is 17.3 Å². The maximum atomic E-state index is 15.0. The number of ether oxygens (including phenoxy) is 1. The summed E-state index contributed by atoms with van der Waals surface area (Å²) in [6.07, 6.45) is 1.32. The van der Waals surface area contributed by atoms with Gasteiger partial charge < -0.3 is 14.5 Å². The van der Waals surface area contributed by atoms with Gasteiger partial charge in [-0.3, -0.25) is 9.36 Å². The van der Waals surface area contributed by atoms with E-state index in [-0.39, 0.29) is 29.6 Å². The standard InChI is InChI=1S/C28H30F2N4O3S/c1-6-23(35)32-11-17(4)33(12-16(32)3)27-21-9-15(2)24(20-8-7-18(29)10-22(20)30)26-25(21)34(28(36)31-27)19(13-37-5)14-38-26/h6-10,16-17,19H,1,11-14H2,2-5H3/t16-,17+,19+/m1/s1. The van der Waals surface area contributed by atoms with Crippen LogP contribution < -0.4 is 10.6 Å². The number of hydrogen-bond donors (Lipinski definition) is 0. The molecule has 1 aromatic heterocycles. The Hall–Kier alpha value is -3.24. The third-order valence-electron chi connectivity index (χ3n) is 7.40. The molecule has 0 radical (unpaired) electrons. The Morgan fingerprint density at radius 1 is 1.24 bits per heavy atom. The first-order chi connectivity index (χ1) is 18.2. The molecule has 7 nitrogen and oxygen atoms in total. The van der Waals surface area contributed by atoms with Crippen LogP contribution in [0.5, 0.6) is 0 Å². The van der Waals surface area contributed by atoms with E-state index in [1.54, 1.807) is 28.3 Å². The van der Waals surface area contributed by atoms with E-state index in [0.29, 0.717) is 42.3 Å². The van der Waals surface area contributed by atoms with Crippen LogP contribution in [0, 0.1) is 18.6 Å². The number of carbonyl (C=O) groups excluding carboxylic acids is 1. The number of methoxy groups -OCH3 is 1. The number of thioether (sulfide) groups is 1. The van der Waals surface area contributed by atoms with E-state index in [2.05, 4.69) is 16.5 Å². The molecule has 10 heteroatoms. The zero-order chi connectivity index (χ0) is 27.3. The van der Waals surface area contributed by atoms with Gasteiger partial charge in [-0.05, 0) is 50.6 Å². The van der Waals surface area contributed by atoms with Gasteiger partial charge in [-0.15, -0.1) is 11.8 Å². The second kappa shape index (κ2) is 10.1. The van der Waals surface area contributed by atoms with E-state index in [9.17, 15) is 14.0 Å². The number of carbonyl (C=O) groups is 1. The lowest BCUT2D eigenvalue weighted by atomic mass is 9.96. The van der Waals surface area contributed by atoms with Gasteiger partial charge in [-0.1, -0.05) is 6.58 Å². The Morgan fingerprint density at radius 3 is 2.68 bits per heavy atom. The highest BCUT2D eigenvalue weighted by Crippen LogP contribution is 2.46. The van der Waals surface area contributed by atoms with Crippen molar-refractivity contribution in [3.8, 4) is 11.1 Å². The smallest absolute Gasteiger partial charge is 0.350 e. The van der Waals surface area contributed by atoms with Crippen LogP contribution in [-0.4, -0.2) is 65.0 Å². The first kappa shape index (κ1) is 26.4. The summed E-state index contributed by atoms with van der Waals surface area (Å²) >= 11 is 1.54. The zero-order valence-corrected chi connectivity index (χ0v) is 22.6. The van der Waals surface area contributed by atoms with Crippen LogP contribution in [0.25, 0.3) is 22.0 Å². The fourth-order valence-electron chi connectivity index (χ4n) is 5.63. The van der Waals surface area contributed by atoms with Gasteiger partial charge in [0, 0.05) is 65.5 Å². The Kier molecular flexibility index (Phi) is 7.04. The molecule has 0 unspecified atom stereocenters. The van der Waals surface area contributed by atoms with E-state index in [1.807, 2.05) is 26.8 Å². The van der Waals surface area contributed by atoms with Crippen molar-refractivity contribution in [2.24, 2.45) is 0 Å². The van der Waals surface area contributed by atoms with Crippen LogP contribution in [-0.2, 0) is 9.53 Å². The molecule has 0 N–H and O–H groups in total. The number of amides is 1. The summed E-state index contributed by atoms with van der Waals surface area (Å²) in [5.74, 6) is -0.343. The molecule has 1 fully saturated rings. The van der Waals surface area contributed by atoms with Crippen molar-refractivity contribution in [2.75, 3.05) is 37.5 Å². The summed E-state index contributed by atoms with van der Waals surface area (Å²) in [4.78, 5) is 35.2. The molecule has 2 aromatic carbocycles. The normalized spacial score (nSPS) is 21.2. The number of aryl methyl sites for hydroxylation is 1. The molecule has 3 heterocycles. The van der Waals surface area contributed by atoms with Gasteiger partial charge >= 0.3 is 5.69 Å². The number of anilines is 1. The van der Waals surface area contributed by atoms with E-state index in [1.165, 1.54) is 18.2 Å². The second-order valence-electron chi connectivity index (χ2n) is 9.97. The number of rotatable bonds is 5. The Morgan fingerprint density at radius 2 is 2.00 bits per heavy atom. The minimum atomic E-state index is -0.656. The van der Waals surface area contributed by atoms with Crippen molar-refractivity contribution >= 4 is 34.4 Å². The summed E-state index contributed by atoms with van der Waals surface area (Å²) in [6.45, 7) is 10.7. The van der Waals surface area contributed by atoms with Crippen molar-refractivity contribution in [1.82, 2.24) is 14.5 Å². The number of hydrogen-bond acceptors (Lipinski definition) is 6. The van der Waals surface area contributed by atoms with Gasteiger partial charge in [0.25, 0.3) is 0 Å². The van der Waals surface area contributed by atoms with Gasteiger partial charge in [0.2, 0.25) is 5.91 Å². The average molecular weight is 541 g/mol. The average Bonchev–Trinajstić information content (AvgIpc) is 2.88. The highest BCUT2D eigenvalue weighted by atomic mass is 32.2. The lowest BCUT2D eigenvalue weighted by Gasteiger charge is -2.45. The fourth-order valence-corrected chi connectivity index (χ4v) is 6.99. The van der Waals surface area contributed by atoms with Crippen molar-refractivity contribution < 1.29 is 18.3 Å². The summed E-state index contributed by atoms with van der Waals surface area (Å²) in [5, 5.41) is 0.777. The molecule has 0 saturated carbocycles. The summed E-state index contributed by atoms with van der Waals surface area (Å²) < 4.78 is 35.8. The van der Waals surface area contributed by atoms with Gasteiger partial charge in [-0.25, -0.2) is 13.6 Å². The van der Waals surface area contributed by atoms with E-state index in [0.717, 1.165) is 21.9 Å².